The van der Waals surface area contributed by atoms with Gasteiger partial charge in [-0.3, -0.25) is 0 Å². The average molecular weight is 204 g/mol. The Morgan fingerprint density at radius 1 is 1.58 bits per heavy atom. The molecule has 0 saturated carbocycles. The molecular weight excluding hydrogens is 190 g/mol. The lowest BCUT2D eigenvalue weighted by Crippen LogP contribution is -2.28. The van der Waals surface area contributed by atoms with E-state index in [0.29, 0.717) is 5.92 Å². The fraction of sp³-hybridized carbons (Fsp3) is 0.556. The number of hydrogen-bond acceptors (Lipinski definition) is 2. The lowest BCUT2D eigenvalue weighted by molar-refractivity contribution is 0.493. The molecule has 12 heavy (non-hydrogen) atoms. The first-order chi connectivity index (χ1) is 5.59. The summed E-state index contributed by atoms with van der Waals surface area (Å²) in [5.74, 6) is 0.533. The largest absolute Gasteiger partial charge is 0.327 e. The molecule has 0 amide bonds. The summed E-state index contributed by atoms with van der Waals surface area (Å²) in [5, 5.41) is 2.77. The third-order valence-corrected chi connectivity index (χ3v) is 3.22. The minimum Gasteiger partial charge on any atom is -0.327 e. The van der Waals surface area contributed by atoms with Crippen LogP contribution in [0.25, 0.3) is 0 Å². The quantitative estimate of drug-likeness (QED) is 0.804. The maximum atomic E-state index is 5.92. The van der Waals surface area contributed by atoms with Crippen molar-refractivity contribution in [2.45, 2.75) is 26.3 Å². The highest BCUT2D eigenvalue weighted by Gasteiger charge is 2.09. The Morgan fingerprint density at radius 2 is 2.25 bits per heavy atom. The molecule has 1 aromatic heterocycles. The van der Waals surface area contributed by atoms with Crippen molar-refractivity contribution in [2.24, 2.45) is 11.7 Å². The summed E-state index contributed by atoms with van der Waals surface area (Å²) in [6, 6.07) is 2.24. The van der Waals surface area contributed by atoms with Gasteiger partial charge in [0, 0.05) is 16.3 Å². The van der Waals surface area contributed by atoms with E-state index in [4.69, 9.17) is 17.3 Å². The predicted molar refractivity (Wildman–Crippen MR) is 55.8 cm³/mol. The van der Waals surface area contributed by atoms with Gasteiger partial charge < -0.3 is 5.73 Å². The Labute approximate surface area is 82.5 Å². The molecule has 68 valence electrons. The fourth-order valence-corrected chi connectivity index (χ4v) is 2.07. The van der Waals surface area contributed by atoms with Crippen LogP contribution in [-0.4, -0.2) is 6.04 Å². The summed E-state index contributed by atoms with van der Waals surface area (Å²) in [7, 11) is 0. The summed E-state index contributed by atoms with van der Waals surface area (Å²) in [6.07, 6.45) is 0.940. The molecule has 1 atom stereocenters. The summed E-state index contributed by atoms with van der Waals surface area (Å²) in [6.45, 7) is 4.28. The minimum atomic E-state index is 0.250. The molecule has 0 radical (unpaired) electrons. The van der Waals surface area contributed by atoms with E-state index in [1.807, 2.05) is 11.4 Å². The zero-order valence-corrected chi connectivity index (χ0v) is 8.95. The van der Waals surface area contributed by atoms with Crippen molar-refractivity contribution in [3.05, 3.63) is 21.3 Å². The van der Waals surface area contributed by atoms with Gasteiger partial charge in [-0.05, 0) is 18.4 Å². The highest BCUT2D eigenvalue weighted by molar-refractivity contribution is 7.10. The molecule has 0 bridgehead atoms. The molecule has 1 aromatic rings. The summed E-state index contributed by atoms with van der Waals surface area (Å²) in [4.78, 5) is 1.28. The first-order valence-electron chi connectivity index (χ1n) is 4.08. The molecular formula is C9H14ClNS. The van der Waals surface area contributed by atoms with Crippen LogP contribution in [0, 0.1) is 5.92 Å². The monoisotopic (exact) mass is 203 g/mol. The molecule has 2 N–H and O–H groups in total. The van der Waals surface area contributed by atoms with Crippen molar-refractivity contribution in [3.8, 4) is 0 Å². The van der Waals surface area contributed by atoms with Crippen LogP contribution in [0.5, 0.6) is 0 Å². The molecule has 0 spiro atoms. The van der Waals surface area contributed by atoms with Gasteiger partial charge in [0.2, 0.25) is 0 Å². The first-order valence-corrected chi connectivity index (χ1v) is 5.34. The maximum Gasteiger partial charge on any atom is 0.0515 e. The van der Waals surface area contributed by atoms with Crippen LogP contribution in [0.15, 0.2) is 11.4 Å². The lowest BCUT2D eigenvalue weighted by atomic mass is 10.0. The number of thiophene rings is 1. The second-order valence-electron chi connectivity index (χ2n) is 3.34. The second-order valence-corrected chi connectivity index (χ2v) is 4.78. The van der Waals surface area contributed by atoms with Gasteiger partial charge in [0.05, 0.1) is 5.02 Å². The van der Waals surface area contributed by atoms with Crippen LogP contribution in [0.1, 0.15) is 18.7 Å². The van der Waals surface area contributed by atoms with Crippen LogP contribution in [0.3, 0.4) is 0 Å². The van der Waals surface area contributed by atoms with Gasteiger partial charge in [0.25, 0.3) is 0 Å². The van der Waals surface area contributed by atoms with Crippen molar-refractivity contribution in [3.63, 3.8) is 0 Å². The molecule has 0 fully saturated rings. The average Bonchev–Trinajstić information content (AvgIpc) is 2.35. The zero-order valence-electron chi connectivity index (χ0n) is 7.38. The minimum absolute atomic E-state index is 0.250. The van der Waals surface area contributed by atoms with Crippen molar-refractivity contribution in [1.29, 1.82) is 0 Å². The standard InChI is InChI=1S/C9H14ClNS/c1-6(2)9(11)4-8-3-7(10)5-12-8/h3,5-6,9H,4,11H2,1-2H3. The van der Waals surface area contributed by atoms with E-state index in [9.17, 15) is 0 Å². The Balaban J connectivity index is 2.52. The highest BCUT2D eigenvalue weighted by Crippen LogP contribution is 2.21. The van der Waals surface area contributed by atoms with E-state index in [-0.39, 0.29) is 6.04 Å². The van der Waals surface area contributed by atoms with Gasteiger partial charge in [-0.15, -0.1) is 11.3 Å². The van der Waals surface area contributed by atoms with Crippen molar-refractivity contribution in [2.75, 3.05) is 0 Å². The van der Waals surface area contributed by atoms with Crippen LogP contribution in [0.2, 0.25) is 5.02 Å². The third-order valence-electron chi connectivity index (χ3n) is 1.91. The van der Waals surface area contributed by atoms with E-state index in [1.54, 1.807) is 11.3 Å². The Kier molecular flexibility index (Phi) is 3.56. The van der Waals surface area contributed by atoms with E-state index < -0.39 is 0 Å². The van der Waals surface area contributed by atoms with Crippen molar-refractivity contribution in [1.82, 2.24) is 0 Å². The van der Waals surface area contributed by atoms with Gasteiger partial charge in [0.15, 0.2) is 0 Å². The zero-order chi connectivity index (χ0) is 9.14. The Morgan fingerprint density at radius 3 is 2.67 bits per heavy atom. The van der Waals surface area contributed by atoms with Crippen LogP contribution >= 0.6 is 22.9 Å². The molecule has 3 heteroatoms. The van der Waals surface area contributed by atoms with Crippen LogP contribution in [-0.2, 0) is 6.42 Å². The van der Waals surface area contributed by atoms with E-state index in [0.717, 1.165) is 11.4 Å². The molecule has 0 aliphatic carbocycles. The SMILES string of the molecule is CC(C)C(N)Cc1cc(Cl)cs1. The number of rotatable bonds is 3. The smallest absolute Gasteiger partial charge is 0.0515 e. The second kappa shape index (κ2) is 4.26. The highest BCUT2D eigenvalue weighted by atomic mass is 35.5. The van der Waals surface area contributed by atoms with Gasteiger partial charge in [-0.1, -0.05) is 25.4 Å². The Hall–Kier alpha value is -0.0500. The summed E-state index contributed by atoms with van der Waals surface area (Å²) >= 11 is 7.48. The molecule has 0 aliphatic rings. The molecule has 1 nitrogen and oxygen atoms in total. The van der Waals surface area contributed by atoms with Gasteiger partial charge in [-0.25, -0.2) is 0 Å². The third kappa shape index (κ3) is 2.77. The van der Waals surface area contributed by atoms with E-state index >= 15 is 0 Å². The molecule has 0 aliphatic heterocycles. The summed E-state index contributed by atoms with van der Waals surface area (Å²) < 4.78 is 0. The molecule has 1 heterocycles. The van der Waals surface area contributed by atoms with Crippen molar-refractivity contribution < 1.29 is 0 Å². The van der Waals surface area contributed by atoms with E-state index in [1.165, 1.54) is 4.88 Å². The number of hydrogen-bond donors (Lipinski definition) is 1. The molecule has 0 aromatic carbocycles. The fourth-order valence-electron chi connectivity index (χ4n) is 0.929. The van der Waals surface area contributed by atoms with Crippen molar-refractivity contribution >= 4 is 22.9 Å². The lowest BCUT2D eigenvalue weighted by Gasteiger charge is -2.13. The maximum absolute atomic E-state index is 5.92. The van der Waals surface area contributed by atoms with Gasteiger partial charge in [-0.2, -0.15) is 0 Å². The number of nitrogens with two attached hydrogens (primary N) is 1. The molecule has 1 rings (SSSR count). The van der Waals surface area contributed by atoms with Crippen LogP contribution < -0.4 is 5.73 Å². The summed E-state index contributed by atoms with van der Waals surface area (Å²) in [5.41, 5.74) is 5.92. The normalized spacial score (nSPS) is 13.8. The topological polar surface area (TPSA) is 26.0 Å². The number of halogens is 1. The van der Waals surface area contributed by atoms with Crippen LogP contribution in [0.4, 0.5) is 0 Å². The Bertz CT molecular complexity index is 244. The van der Waals surface area contributed by atoms with Gasteiger partial charge in [0.1, 0.15) is 0 Å². The molecule has 0 saturated heterocycles. The van der Waals surface area contributed by atoms with Gasteiger partial charge >= 0.3 is 0 Å². The first kappa shape index (κ1) is 10.0. The molecule has 1 unspecified atom stereocenters. The predicted octanol–water partition coefficient (Wildman–Crippen LogP) is 2.93. The van der Waals surface area contributed by atoms with E-state index in [2.05, 4.69) is 13.8 Å².